The van der Waals surface area contributed by atoms with Crippen molar-refractivity contribution in [3.8, 4) is 0 Å². The fourth-order valence-corrected chi connectivity index (χ4v) is 2.24. The third-order valence-electron chi connectivity index (χ3n) is 3.34. The van der Waals surface area contributed by atoms with Gasteiger partial charge in [-0.1, -0.05) is 12.1 Å². The van der Waals surface area contributed by atoms with E-state index in [1.165, 1.54) is 0 Å². The van der Waals surface area contributed by atoms with Gasteiger partial charge in [-0.2, -0.15) is 0 Å². The van der Waals surface area contributed by atoms with E-state index < -0.39 is 0 Å². The first kappa shape index (κ1) is 11.1. The van der Waals surface area contributed by atoms with Crippen molar-refractivity contribution in [1.29, 1.82) is 0 Å². The Labute approximate surface area is 106 Å². The van der Waals surface area contributed by atoms with Crippen LogP contribution in [0, 0.1) is 0 Å². The van der Waals surface area contributed by atoms with Crippen LogP contribution in [0.3, 0.4) is 0 Å². The van der Waals surface area contributed by atoms with Crippen LogP contribution in [0.4, 0.5) is 0 Å². The summed E-state index contributed by atoms with van der Waals surface area (Å²) in [7, 11) is 4.10. The molecule has 0 saturated carbocycles. The summed E-state index contributed by atoms with van der Waals surface area (Å²) in [6.45, 7) is 2.57. The number of aliphatic imine (C=N–C) groups is 1. The normalized spacial score (nSPS) is 15.2. The Morgan fingerprint density at radius 1 is 1.28 bits per heavy atom. The zero-order valence-corrected chi connectivity index (χ0v) is 10.7. The lowest BCUT2D eigenvalue weighted by Crippen LogP contribution is -2.35. The van der Waals surface area contributed by atoms with Crippen molar-refractivity contribution in [2.45, 2.75) is 6.54 Å². The number of hydrogen-bond donors (Lipinski definition) is 1. The van der Waals surface area contributed by atoms with Gasteiger partial charge in [-0.25, -0.2) is 4.98 Å². The molecule has 5 heteroatoms. The lowest BCUT2D eigenvalue weighted by atomic mass is 10.3. The van der Waals surface area contributed by atoms with Crippen molar-refractivity contribution in [3.05, 3.63) is 30.1 Å². The fraction of sp³-hybridized carbons (Fsp3) is 0.385. The van der Waals surface area contributed by atoms with Crippen molar-refractivity contribution in [1.82, 2.24) is 19.8 Å². The second kappa shape index (κ2) is 4.33. The van der Waals surface area contributed by atoms with Crippen LogP contribution >= 0.6 is 0 Å². The predicted molar refractivity (Wildman–Crippen MR) is 72.5 cm³/mol. The number of hydrogen-bond acceptors (Lipinski definition) is 4. The number of rotatable bonds is 2. The van der Waals surface area contributed by atoms with Crippen molar-refractivity contribution in [3.63, 3.8) is 0 Å². The van der Waals surface area contributed by atoms with Crippen LogP contribution in [0.15, 0.2) is 29.3 Å². The monoisotopic (exact) mass is 243 g/mol. The summed E-state index contributed by atoms with van der Waals surface area (Å²) in [6, 6.07) is 8.18. The number of nitrogens with zero attached hydrogens (tertiary/aromatic N) is 4. The van der Waals surface area contributed by atoms with E-state index in [1.807, 2.05) is 32.3 Å². The number of benzene rings is 1. The summed E-state index contributed by atoms with van der Waals surface area (Å²) in [6.07, 6.45) is 0. The Bertz CT molecular complexity index is 598. The largest absolute Gasteiger partial charge is 0.349 e. The Hall–Kier alpha value is -2.04. The smallest absolute Gasteiger partial charge is 0.194 e. The molecule has 1 aliphatic rings. The van der Waals surface area contributed by atoms with Crippen LogP contribution in [0.1, 0.15) is 5.82 Å². The summed E-state index contributed by atoms with van der Waals surface area (Å²) in [5, 5.41) is 3.34. The summed E-state index contributed by atoms with van der Waals surface area (Å²) in [4.78, 5) is 11.2. The molecule has 0 bridgehead atoms. The first-order valence-corrected chi connectivity index (χ1v) is 6.15. The Morgan fingerprint density at radius 2 is 2.11 bits per heavy atom. The predicted octanol–water partition coefficient (Wildman–Crippen LogP) is 0.964. The number of para-hydroxylation sites is 2. The van der Waals surface area contributed by atoms with E-state index in [2.05, 4.69) is 30.8 Å². The van der Waals surface area contributed by atoms with Crippen LogP contribution in [0.5, 0.6) is 0 Å². The number of aromatic nitrogens is 2. The number of fused-ring (bicyclic) bond motifs is 1. The van der Waals surface area contributed by atoms with Crippen molar-refractivity contribution in [2.75, 3.05) is 20.1 Å². The van der Waals surface area contributed by atoms with Crippen LogP contribution in [0.2, 0.25) is 0 Å². The first-order chi connectivity index (χ1) is 8.75. The van der Waals surface area contributed by atoms with Gasteiger partial charge in [-0.05, 0) is 12.1 Å². The molecule has 0 amide bonds. The maximum atomic E-state index is 4.63. The van der Waals surface area contributed by atoms with Crippen LogP contribution in [-0.4, -0.2) is 40.5 Å². The molecule has 3 rings (SSSR count). The van der Waals surface area contributed by atoms with Crippen LogP contribution in [0.25, 0.3) is 11.0 Å². The van der Waals surface area contributed by atoms with Gasteiger partial charge in [0.2, 0.25) is 0 Å². The van der Waals surface area contributed by atoms with Gasteiger partial charge in [0.15, 0.2) is 5.96 Å². The number of guanidine groups is 1. The lowest BCUT2D eigenvalue weighted by molar-refractivity contribution is 0.531. The number of imidazole rings is 1. The lowest BCUT2D eigenvalue weighted by Gasteiger charge is -2.14. The third-order valence-corrected chi connectivity index (χ3v) is 3.34. The molecule has 0 saturated heterocycles. The minimum Gasteiger partial charge on any atom is -0.349 e. The fourth-order valence-electron chi connectivity index (χ4n) is 2.24. The van der Waals surface area contributed by atoms with Crippen LogP contribution in [-0.2, 0) is 13.6 Å². The van der Waals surface area contributed by atoms with Gasteiger partial charge in [-0.3, -0.25) is 4.99 Å². The quantitative estimate of drug-likeness (QED) is 0.854. The molecule has 2 aromatic rings. The Balaban J connectivity index is 1.80. The van der Waals surface area contributed by atoms with E-state index in [0.29, 0.717) is 6.54 Å². The highest BCUT2D eigenvalue weighted by Gasteiger charge is 2.13. The molecule has 1 N–H and O–H groups in total. The van der Waals surface area contributed by atoms with E-state index in [1.54, 1.807) is 0 Å². The SMILES string of the molecule is CN1CCN=C1NCc1nc2ccccc2n1C. The standard InChI is InChI=1S/C13H17N5/c1-17-8-7-14-13(17)15-9-12-16-10-5-3-4-6-11(10)18(12)2/h3-6H,7-9H2,1-2H3,(H,14,15). The molecule has 2 heterocycles. The van der Waals surface area contributed by atoms with Gasteiger partial charge in [-0.15, -0.1) is 0 Å². The zero-order chi connectivity index (χ0) is 12.5. The van der Waals surface area contributed by atoms with E-state index in [-0.39, 0.29) is 0 Å². The van der Waals surface area contributed by atoms with E-state index in [4.69, 9.17) is 0 Å². The highest BCUT2D eigenvalue weighted by atomic mass is 15.3. The van der Waals surface area contributed by atoms with Crippen molar-refractivity contribution in [2.24, 2.45) is 12.0 Å². The first-order valence-electron chi connectivity index (χ1n) is 6.15. The molecule has 94 valence electrons. The topological polar surface area (TPSA) is 45.4 Å². The molecule has 0 aliphatic carbocycles. The maximum Gasteiger partial charge on any atom is 0.194 e. The molecule has 1 aromatic heterocycles. The third kappa shape index (κ3) is 1.81. The van der Waals surface area contributed by atoms with Gasteiger partial charge in [0.05, 0.1) is 24.1 Å². The highest BCUT2D eigenvalue weighted by molar-refractivity contribution is 5.81. The second-order valence-corrected chi connectivity index (χ2v) is 4.56. The molecule has 0 atom stereocenters. The average molecular weight is 243 g/mol. The van der Waals surface area contributed by atoms with E-state index in [0.717, 1.165) is 35.9 Å². The molecule has 1 aliphatic heterocycles. The molecule has 0 radical (unpaired) electrons. The highest BCUT2D eigenvalue weighted by Crippen LogP contribution is 2.14. The molecule has 18 heavy (non-hydrogen) atoms. The minimum atomic E-state index is 0.703. The zero-order valence-electron chi connectivity index (χ0n) is 10.7. The van der Waals surface area contributed by atoms with Crippen molar-refractivity contribution >= 4 is 17.0 Å². The molecular weight excluding hydrogens is 226 g/mol. The summed E-state index contributed by atoms with van der Waals surface area (Å²) < 4.78 is 2.12. The summed E-state index contributed by atoms with van der Waals surface area (Å²) >= 11 is 0. The Kier molecular flexibility index (Phi) is 2.66. The molecule has 0 unspecified atom stereocenters. The van der Waals surface area contributed by atoms with E-state index in [9.17, 15) is 0 Å². The van der Waals surface area contributed by atoms with Gasteiger partial charge in [0.25, 0.3) is 0 Å². The van der Waals surface area contributed by atoms with Gasteiger partial charge < -0.3 is 14.8 Å². The number of aryl methyl sites for hydroxylation is 1. The number of likely N-dealkylation sites (N-methyl/N-ethyl adjacent to an activating group) is 1. The molecule has 0 fully saturated rings. The van der Waals surface area contributed by atoms with Crippen molar-refractivity contribution < 1.29 is 0 Å². The minimum absolute atomic E-state index is 0.703. The maximum absolute atomic E-state index is 4.63. The second-order valence-electron chi connectivity index (χ2n) is 4.56. The van der Waals surface area contributed by atoms with Gasteiger partial charge >= 0.3 is 0 Å². The molecule has 1 aromatic carbocycles. The molecular formula is C13H17N5. The van der Waals surface area contributed by atoms with Gasteiger partial charge in [0.1, 0.15) is 5.82 Å². The van der Waals surface area contributed by atoms with E-state index >= 15 is 0 Å². The molecule has 5 nitrogen and oxygen atoms in total. The summed E-state index contributed by atoms with van der Waals surface area (Å²) in [5.41, 5.74) is 2.20. The Morgan fingerprint density at radius 3 is 2.83 bits per heavy atom. The summed E-state index contributed by atoms with van der Waals surface area (Å²) in [5.74, 6) is 1.99. The number of nitrogens with one attached hydrogen (secondary N) is 1. The molecule has 0 spiro atoms. The van der Waals surface area contributed by atoms with Gasteiger partial charge in [0, 0.05) is 20.6 Å². The van der Waals surface area contributed by atoms with Crippen LogP contribution < -0.4 is 5.32 Å². The average Bonchev–Trinajstić information content (AvgIpc) is 2.92.